The Bertz CT molecular complexity index is 863. The number of nitrogens with zero attached hydrogens (tertiary/aromatic N) is 1. The van der Waals surface area contributed by atoms with Crippen LogP contribution >= 0.6 is 23.4 Å². The first kappa shape index (κ1) is 25.2. The van der Waals surface area contributed by atoms with Crippen LogP contribution in [0.2, 0.25) is 5.02 Å². The number of carbonyl (C=O) groups is 2. The topological polar surface area (TPSA) is 49.4 Å². The van der Waals surface area contributed by atoms with E-state index in [2.05, 4.69) is 5.32 Å². The standard InChI is InChI=1S/C24H30ClFN2O2S/c1-4-17(3)27-24(30)22(5-2)28(14-18-10-12-20(26)13-11-18)23(29)16-31-15-19-8-6-7-9-21(19)25/h6-13,17,22H,4-5,14-16H2,1-3H3,(H,27,30)/t17-,22+/m1/s1. The van der Waals surface area contributed by atoms with E-state index in [1.54, 1.807) is 17.0 Å². The lowest BCUT2D eigenvalue weighted by Gasteiger charge is -2.31. The molecule has 2 aromatic carbocycles. The second-order valence-corrected chi connectivity index (χ2v) is 8.87. The molecule has 0 aliphatic carbocycles. The van der Waals surface area contributed by atoms with Crippen molar-refractivity contribution < 1.29 is 14.0 Å². The fourth-order valence-electron chi connectivity index (χ4n) is 3.09. The summed E-state index contributed by atoms with van der Waals surface area (Å²) < 4.78 is 13.3. The van der Waals surface area contributed by atoms with Crippen molar-refractivity contribution in [3.8, 4) is 0 Å². The van der Waals surface area contributed by atoms with Crippen molar-refractivity contribution in [3.05, 3.63) is 70.5 Å². The SMILES string of the molecule is CC[C@@H](C)NC(=O)[C@H](CC)N(Cc1ccc(F)cc1)C(=O)CSCc1ccccc1Cl. The fraction of sp³-hybridized carbons (Fsp3) is 0.417. The van der Waals surface area contributed by atoms with Gasteiger partial charge in [-0.25, -0.2) is 4.39 Å². The number of halogens is 2. The normalized spacial score (nSPS) is 12.8. The number of thioether (sulfide) groups is 1. The summed E-state index contributed by atoms with van der Waals surface area (Å²) in [4.78, 5) is 27.7. The Morgan fingerprint density at radius 3 is 2.39 bits per heavy atom. The number of benzene rings is 2. The van der Waals surface area contributed by atoms with Crippen LogP contribution in [-0.4, -0.2) is 34.6 Å². The van der Waals surface area contributed by atoms with Gasteiger partial charge in [-0.2, -0.15) is 0 Å². The van der Waals surface area contributed by atoms with E-state index in [0.717, 1.165) is 17.5 Å². The molecule has 2 amide bonds. The summed E-state index contributed by atoms with van der Waals surface area (Å²) in [5.41, 5.74) is 1.74. The van der Waals surface area contributed by atoms with Crippen LogP contribution in [0.1, 0.15) is 44.7 Å². The minimum Gasteiger partial charge on any atom is -0.352 e. The molecule has 0 saturated heterocycles. The van der Waals surface area contributed by atoms with Gasteiger partial charge in [-0.1, -0.05) is 55.8 Å². The van der Waals surface area contributed by atoms with Crippen molar-refractivity contribution in [2.75, 3.05) is 5.75 Å². The summed E-state index contributed by atoms with van der Waals surface area (Å²) in [6.07, 6.45) is 1.30. The number of rotatable bonds is 11. The van der Waals surface area contributed by atoms with Crippen molar-refractivity contribution in [3.63, 3.8) is 0 Å². The van der Waals surface area contributed by atoms with Gasteiger partial charge < -0.3 is 10.2 Å². The maximum atomic E-state index is 13.3. The van der Waals surface area contributed by atoms with Crippen molar-refractivity contribution >= 4 is 35.2 Å². The predicted molar refractivity (Wildman–Crippen MR) is 127 cm³/mol. The Labute approximate surface area is 193 Å². The highest BCUT2D eigenvalue weighted by Crippen LogP contribution is 2.22. The number of nitrogens with one attached hydrogen (secondary N) is 1. The van der Waals surface area contributed by atoms with Gasteiger partial charge in [-0.05, 0) is 49.1 Å². The number of hydrogen-bond acceptors (Lipinski definition) is 3. The Kier molecular flexibility index (Phi) is 10.3. The second kappa shape index (κ2) is 12.7. The van der Waals surface area contributed by atoms with Crippen molar-refractivity contribution in [2.24, 2.45) is 0 Å². The van der Waals surface area contributed by atoms with E-state index in [9.17, 15) is 14.0 Å². The zero-order valence-corrected chi connectivity index (χ0v) is 19.8. The highest BCUT2D eigenvalue weighted by molar-refractivity contribution is 7.99. The van der Waals surface area contributed by atoms with E-state index in [1.165, 1.54) is 23.9 Å². The Hall–Kier alpha value is -2.05. The minimum atomic E-state index is -0.590. The zero-order valence-electron chi connectivity index (χ0n) is 18.2. The van der Waals surface area contributed by atoms with Gasteiger partial charge >= 0.3 is 0 Å². The maximum Gasteiger partial charge on any atom is 0.243 e. The van der Waals surface area contributed by atoms with E-state index < -0.39 is 6.04 Å². The molecular weight excluding hydrogens is 435 g/mol. The molecule has 0 spiro atoms. The first-order valence-corrected chi connectivity index (χ1v) is 12.0. The number of hydrogen-bond donors (Lipinski definition) is 1. The third-order valence-electron chi connectivity index (χ3n) is 5.09. The predicted octanol–water partition coefficient (Wildman–Crippen LogP) is 5.43. The molecule has 31 heavy (non-hydrogen) atoms. The van der Waals surface area contributed by atoms with Crippen LogP contribution in [0.4, 0.5) is 4.39 Å². The maximum absolute atomic E-state index is 13.3. The molecule has 0 aliphatic rings. The lowest BCUT2D eigenvalue weighted by Crippen LogP contribution is -2.51. The highest BCUT2D eigenvalue weighted by Gasteiger charge is 2.29. The molecular formula is C24H30ClFN2O2S. The van der Waals surface area contributed by atoms with Gasteiger partial charge in [0, 0.05) is 23.4 Å². The van der Waals surface area contributed by atoms with Crippen molar-refractivity contribution in [2.45, 2.75) is 58.0 Å². The lowest BCUT2D eigenvalue weighted by molar-refractivity contribution is -0.139. The average Bonchev–Trinajstić information content (AvgIpc) is 2.76. The Morgan fingerprint density at radius 1 is 1.10 bits per heavy atom. The molecule has 2 aromatic rings. The van der Waals surface area contributed by atoms with Gasteiger partial charge in [-0.3, -0.25) is 9.59 Å². The van der Waals surface area contributed by atoms with Crippen molar-refractivity contribution in [1.29, 1.82) is 0 Å². The zero-order chi connectivity index (χ0) is 22.8. The van der Waals surface area contributed by atoms with Gasteiger partial charge in [0.1, 0.15) is 11.9 Å². The first-order chi connectivity index (χ1) is 14.8. The van der Waals surface area contributed by atoms with Crippen LogP contribution in [0.15, 0.2) is 48.5 Å². The van der Waals surface area contributed by atoms with Crippen LogP contribution in [0.25, 0.3) is 0 Å². The summed E-state index contributed by atoms with van der Waals surface area (Å²) in [6, 6.07) is 13.0. The minimum absolute atomic E-state index is 0.0268. The van der Waals surface area contributed by atoms with Crippen LogP contribution < -0.4 is 5.32 Å². The third-order valence-corrected chi connectivity index (χ3v) is 6.43. The summed E-state index contributed by atoms with van der Waals surface area (Å²) in [6.45, 7) is 6.08. The molecule has 0 aliphatic heterocycles. The second-order valence-electron chi connectivity index (χ2n) is 7.47. The molecule has 2 atom stereocenters. The van der Waals surface area contributed by atoms with E-state index in [0.29, 0.717) is 17.2 Å². The molecule has 0 heterocycles. The van der Waals surface area contributed by atoms with Gasteiger partial charge in [0.05, 0.1) is 5.75 Å². The monoisotopic (exact) mass is 464 g/mol. The third kappa shape index (κ3) is 7.86. The van der Waals surface area contributed by atoms with Gasteiger partial charge in [0.2, 0.25) is 11.8 Å². The van der Waals surface area contributed by atoms with E-state index in [-0.39, 0.29) is 36.0 Å². The van der Waals surface area contributed by atoms with Crippen LogP contribution in [0, 0.1) is 5.82 Å². The summed E-state index contributed by atoms with van der Waals surface area (Å²) in [5, 5.41) is 3.65. The summed E-state index contributed by atoms with van der Waals surface area (Å²) in [7, 11) is 0. The Balaban J connectivity index is 2.14. The van der Waals surface area contributed by atoms with Crippen LogP contribution in [-0.2, 0) is 21.9 Å². The van der Waals surface area contributed by atoms with E-state index >= 15 is 0 Å². The molecule has 0 radical (unpaired) electrons. The summed E-state index contributed by atoms with van der Waals surface area (Å²) >= 11 is 7.67. The number of amides is 2. The molecule has 0 fully saturated rings. The van der Waals surface area contributed by atoms with E-state index in [4.69, 9.17) is 11.6 Å². The molecule has 0 bridgehead atoms. The quantitative estimate of drug-likeness (QED) is 0.482. The lowest BCUT2D eigenvalue weighted by atomic mass is 10.1. The molecule has 0 aromatic heterocycles. The molecule has 2 rings (SSSR count). The van der Waals surface area contributed by atoms with Gasteiger partial charge in [0.25, 0.3) is 0 Å². The molecule has 4 nitrogen and oxygen atoms in total. The molecule has 1 N–H and O–H groups in total. The number of carbonyl (C=O) groups excluding carboxylic acids is 2. The van der Waals surface area contributed by atoms with Gasteiger partial charge in [0.15, 0.2) is 0 Å². The van der Waals surface area contributed by atoms with Crippen LogP contribution in [0.5, 0.6) is 0 Å². The molecule has 168 valence electrons. The first-order valence-electron chi connectivity index (χ1n) is 10.5. The summed E-state index contributed by atoms with van der Waals surface area (Å²) in [5.74, 6) is 0.194. The largest absolute Gasteiger partial charge is 0.352 e. The smallest absolute Gasteiger partial charge is 0.243 e. The average molecular weight is 465 g/mol. The Morgan fingerprint density at radius 2 is 1.77 bits per heavy atom. The fourth-order valence-corrected chi connectivity index (χ4v) is 4.29. The molecule has 7 heteroatoms. The van der Waals surface area contributed by atoms with Crippen molar-refractivity contribution in [1.82, 2.24) is 10.2 Å². The van der Waals surface area contributed by atoms with E-state index in [1.807, 2.05) is 45.0 Å². The highest BCUT2D eigenvalue weighted by atomic mass is 35.5. The van der Waals surface area contributed by atoms with Gasteiger partial charge in [-0.15, -0.1) is 11.8 Å². The van der Waals surface area contributed by atoms with Crippen LogP contribution in [0.3, 0.4) is 0 Å². The molecule has 0 saturated carbocycles. The molecule has 0 unspecified atom stereocenters.